The van der Waals surface area contributed by atoms with E-state index in [4.69, 9.17) is 0 Å². The monoisotopic (exact) mass is 238 g/mol. The highest BCUT2D eigenvalue weighted by molar-refractivity contribution is 5.46. The number of likely N-dealkylation sites (tertiary alicyclic amines) is 1. The van der Waals surface area contributed by atoms with Gasteiger partial charge in [-0.3, -0.25) is 4.79 Å². The fraction of sp³-hybridized carbons (Fsp3) is 0.929. The van der Waals surface area contributed by atoms with Crippen molar-refractivity contribution in [1.29, 1.82) is 0 Å². The minimum Gasteiger partial charge on any atom is -0.356 e. The van der Waals surface area contributed by atoms with Crippen molar-refractivity contribution in [3.8, 4) is 0 Å². The van der Waals surface area contributed by atoms with Gasteiger partial charge in [0.25, 0.3) is 0 Å². The van der Waals surface area contributed by atoms with Crippen LogP contribution in [-0.4, -0.2) is 37.0 Å². The molecule has 0 aromatic rings. The van der Waals surface area contributed by atoms with Crippen LogP contribution in [0.4, 0.5) is 0 Å². The molecule has 17 heavy (non-hydrogen) atoms. The van der Waals surface area contributed by atoms with Gasteiger partial charge in [0.15, 0.2) is 0 Å². The van der Waals surface area contributed by atoms with E-state index in [1.54, 1.807) is 0 Å². The summed E-state index contributed by atoms with van der Waals surface area (Å²) in [4.78, 5) is 13.3. The third kappa shape index (κ3) is 3.98. The Morgan fingerprint density at radius 1 is 1.12 bits per heavy atom. The Labute approximate surface area is 105 Å². The van der Waals surface area contributed by atoms with Crippen molar-refractivity contribution in [2.24, 2.45) is 5.92 Å². The Morgan fingerprint density at radius 3 is 2.47 bits per heavy atom. The van der Waals surface area contributed by atoms with E-state index in [-0.39, 0.29) is 0 Å². The molecule has 0 aromatic heterocycles. The highest BCUT2D eigenvalue weighted by Crippen LogP contribution is 2.28. The molecule has 1 atom stereocenters. The van der Waals surface area contributed by atoms with Crippen molar-refractivity contribution in [2.45, 2.75) is 57.4 Å². The maximum absolute atomic E-state index is 10.7. The van der Waals surface area contributed by atoms with Crippen LogP contribution in [0, 0.1) is 5.92 Å². The molecular formula is C14H26N2O. The van der Waals surface area contributed by atoms with E-state index in [1.807, 2.05) is 0 Å². The summed E-state index contributed by atoms with van der Waals surface area (Å²) < 4.78 is 0. The first-order valence-corrected chi connectivity index (χ1v) is 7.32. The lowest BCUT2D eigenvalue weighted by molar-refractivity contribution is -0.110. The number of rotatable bonds is 6. The van der Waals surface area contributed by atoms with Crippen molar-refractivity contribution in [3.05, 3.63) is 0 Å². The van der Waals surface area contributed by atoms with Crippen molar-refractivity contribution >= 4 is 6.41 Å². The zero-order valence-corrected chi connectivity index (χ0v) is 10.9. The third-order valence-electron chi connectivity index (χ3n) is 4.46. The van der Waals surface area contributed by atoms with Gasteiger partial charge < -0.3 is 10.2 Å². The second-order valence-corrected chi connectivity index (χ2v) is 5.63. The van der Waals surface area contributed by atoms with Crippen molar-refractivity contribution < 1.29 is 4.79 Å². The number of carbonyl (C=O) groups excluding carboxylic acids is 1. The summed E-state index contributed by atoms with van der Waals surface area (Å²) in [6.07, 6.45) is 11.5. The van der Waals surface area contributed by atoms with Gasteiger partial charge in [-0.2, -0.15) is 0 Å². The lowest BCUT2D eigenvalue weighted by atomic mass is 9.82. The molecule has 1 saturated carbocycles. The summed E-state index contributed by atoms with van der Waals surface area (Å²) in [6, 6.07) is 0.424. The average Bonchev–Trinajstić information content (AvgIpc) is 2.88. The van der Waals surface area contributed by atoms with Crippen LogP contribution in [0.1, 0.15) is 51.4 Å². The van der Waals surface area contributed by atoms with Crippen LogP contribution < -0.4 is 5.32 Å². The number of nitrogens with zero attached hydrogens (tertiary/aromatic N) is 1. The van der Waals surface area contributed by atoms with Crippen molar-refractivity contribution in [1.82, 2.24) is 10.2 Å². The van der Waals surface area contributed by atoms with Gasteiger partial charge in [-0.25, -0.2) is 0 Å². The molecule has 0 spiro atoms. The quantitative estimate of drug-likeness (QED) is 0.719. The van der Waals surface area contributed by atoms with Gasteiger partial charge in [-0.1, -0.05) is 19.3 Å². The molecule has 3 nitrogen and oxygen atoms in total. The number of hydrogen-bond acceptors (Lipinski definition) is 2. The SMILES string of the molecule is O=CNC(CCN1CCCC1)C1CCCCC1. The predicted octanol–water partition coefficient (Wildman–Crippen LogP) is 2.17. The lowest BCUT2D eigenvalue weighted by Gasteiger charge is -2.31. The number of nitrogens with one attached hydrogen (secondary N) is 1. The van der Waals surface area contributed by atoms with Crippen molar-refractivity contribution in [2.75, 3.05) is 19.6 Å². The molecule has 1 saturated heterocycles. The molecule has 0 radical (unpaired) electrons. The van der Waals surface area contributed by atoms with Crippen LogP contribution in [0.15, 0.2) is 0 Å². The molecule has 1 unspecified atom stereocenters. The molecule has 98 valence electrons. The molecule has 0 bridgehead atoms. The van der Waals surface area contributed by atoms with Crippen LogP contribution in [0.3, 0.4) is 0 Å². The second kappa shape index (κ2) is 7.00. The van der Waals surface area contributed by atoms with Crippen LogP contribution in [0.25, 0.3) is 0 Å². The first-order chi connectivity index (χ1) is 8.40. The van der Waals surface area contributed by atoms with Gasteiger partial charge in [-0.05, 0) is 51.1 Å². The lowest BCUT2D eigenvalue weighted by Crippen LogP contribution is -2.39. The smallest absolute Gasteiger partial charge is 0.207 e. The standard InChI is InChI=1S/C14H26N2O/c17-12-15-14(13-6-2-1-3-7-13)8-11-16-9-4-5-10-16/h12-14H,1-11H2,(H,15,17). The molecule has 1 aliphatic heterocycles. The molecule has 0 aromatic carbocycles. The Kier molecular flexibility index (Phi) is 5.30. The fourth-order valence-electron chi connectivity index (χ4n) is 3.41. The van der Waals surface area contributed by atoms with Crippen LogP contribution in [0.2, 0.25) is 0 Å². The number of hydrogen-bond donors (Lipinski definition) is 1. The molecule has 1 aliphatic carbocycles. The topological polar surface area (TPSA) is 32.3 Å². The summed E-state index contributed by atoms with van der Waals surface area (Å²) in [6.45, 7) is 3.69. The zero-order chi connectivity index (χ0) is 11.9. The molecule has 2 rings (SSSR count). The molecule has 2 fully saturated rings. The minimum absolute atomic E-state index is 0.424. The van der Waals surface area contributed by atoms with E-state index in [1.165, 1.54) is 64.6 Å². The predicted molar refractivity (Wildman–Crippen MR) is 69.9 cm³/mol. The largest absolute Gasteiger partial charge is 0.356 e. The summed E-state index contributed by atoms with van der Waals surface area (Å²) in [5.74, 6) is 0.733. The third-order valence-corrected chi connectivity index (χ3v) is 4.46. The van der Waals surface area contributed by atoms with Gasteiger partial charge in [0.05, 0.1) is 0 Å². The maximum Gasteiger partial charge on any atom is 0.207 e. The molecule has 1 amide bonds. The van der Waals surface area contributed by atoms with E-state index in [0.29, 0.717) is 6.04 Å². The number of carbonyl (C=O) groups is 1. The summed E-state index contributed by atoms with van der Waals surface area (Å²) in [5.41, 5.74) is 0. The van der Waals surface area contributed by atoms with Crippen LogP contribution >= 0.6 is 0 Å². The van der Waals surface area contributed by atoms with Crippen molar-refractivity contribution in [3.63, 3.8) is 0 Å². The highest BCUT2D eigenvalue weighted by atomic mass is 16.1. The molecule has 1 heterocycles. The van der Waals surface area contributed by atoms with E-state index in [2.05, 4.69) is 10.2 Å². The van der Waals surface area contributed by atoms with Gasteiger partial charge >= 0.3 is 0 Å². The van der Waals surface area contributed by atoms with E-state index in [0.717, 1.165) is 18.7 Å². The fourth-order valence-corrected chi connectivity index (χ4v) is 3.41. The second-order valence-electron chi connectivity index (χ2n) is 5.63. The summed E-state index contributed by atoms with van der Waals surface area (Å²) >= 11 is 0. The molecular weight excluding hydrogens is 212 g/mol. The first-order valence-electron chi connectivity index (χ1n) is 7.32. The Bertz CT molecular complexity index is 220. The average molecular weight is 238 g/mol. The van der Waals surface area contributed by atoms with Gasteiger partial charge in [0.1, 0.15) is 0 Å². The first kappa shape index (κ1) is 12.9. The Balaban J connectivity index is 1.76. The van der Waals surface area contributed by atoms with Gasteiger partial charge in [0, 0.05) is 12.6 Å². The molecule has 1 N–H and O–H groups in total. The molecule has 2 aliphatic rings. The van der Waals surface area contributed by atoms with Gasteiger partial charge in [-0.15, -0.1) is 0 Å². The highest BCUT2D eigenvalue weighted by Gasteiger charge is 2.24. The van der Waals surface area contributed by atoms with E-state index in [9.17, 15) is 4.79 Å². The Hall–Kier alpha value is -0.570. The summed E-state index contributed by atoms with van der Waals surface area (Å²) in [7, 11) is 0. The summed E-state index contributed by atoms with van der Waals surface area (Å²) in [5, 5.41) is 3.07. The zero-order valence-electron chi connectivity index (χ0n) is 10.9. The minimum atomic E-state index is 0.424. The van der Waals surface area contributed by atoms with Crippen LogP contribution in [0.5, 0.6) is 0 Å². The normalized spacial score (nSPS) is 24.7. The number of amides is 1. The molecule has 3 heteroatoms. The van der Waals surface area contributed by atoms with Gasteiger partial charge in [0.2, 0.25) is 6.41 Å². The van der Waals surface area contributed by atoms with E-state index >= 15 is 0 Å². The Morgan fingerprint density at radius 2 is 1.82 bits per heavy atom. The van der Waals surface area contributed by atoms with Crippen LogP contribution in [-0.2, 0) is 4.79 Å². The maximum atomic E-state index is 10.7. The van der Waals surface area contributed by atoms with E-state index < -0.39 is 0 Å².